The van der Waals surface area contributed by atoms with Gasteiger partial charge in [0.25, 0.3) is 0 Å². The van der Waals surface area contributed by atoms with Crippen molar-refractivity contribution in [2.45, 2.75) is 0 Å². The van der Waals surface area contributed by atoms with Crippen molar-refractivity contribution in [2.24, 2.45) is 0 Å². The van der Waals surface area contributed by atoms with Crippen LogP contribution in [0, 0.1) is 22.7 Å². The maximum atomic E-state index is 8.13. The predicted molar refractivity (Wildman–Crippen MR) is 28.4 cm³/mol. The van der Waals surface area contributed by atoms with Gasteiger partial charge in [0.2, 0.25) is 0 Å². The Bertz CT molecular complexity index is 167. The van der Waals surface area contributed by atoms with Crippen LogP contribution in [-0.2, 0) is 0 Å². The average molecular weight is 107 g/mol. The lowest BCUT2D eigenvalue weighted by Gasteiger charge is -1.86. The zero-order valence-corrected chi connectivity index (χ0v) is 4.47. The molecule has 0 spiro atoms. The van der Waals surface area contributed by atoms with Gasteiger partial charge in [-0.3, -0.25) is 0 Å². The third-order valence-corrected chi connectivity index (χ3v) is 0.599. The lowest BCUT2D eigenvalue weighted by molar-refractivity contribution is 1.04. The first-order valence-electron chi connectivity index (χ1n) is 2.02. The van der Waals surface area contributed by atoms with Gasteiger partial charge in [0, 0.05) is 13.1 Å². The van der Waals surface area contributed by atoms with Crippen molar-refractivity contribution in [3.8, 4) is 12.1 Å². The maximum Gasteiger partial charge on any atom is 0.123 e. The van der Waals surface area contributed by atoms with E-state index in [0.717, 1.165) is 6.08 Å². The molecule has 0 heterocycles. The molecule has 0 amide bonds. The highest BCUT2D eigenvalue weighted by atomic mass is 14.8. The van der Waals surface area contributed by atoms with Crippen LogP contribution in [0.1, 0.15) is 0 Å². The van der Waals surface area contributed by atoms with E-state index in [1.165, 1.54) is 0 Å². The second-order valence-corrected chi connectivity index (χ2v) is 1.05. The molecule has 0 aliphatic rings. The van der Waals surface area contributed by atoms with Crippen LogP contribution in [0.3, 0.4) is 0 Å². The van der Waals surface area contributed by atoms with Crippen LogP contribution in [0.5, 0.6) is 0 Å². The van der Waals surface area contributed by atoms with Crippen molar-refractivity contribution >= 4 is 0 Å². The molecule has 3 heteroatoms. The summed E-state index contributed by atoms with van der Waals surface area (Å²) >= 11 is 0. The normalized spacial score (nSPS) is 9.12. The van der Waals surface area contributed by atoms with Gasteiger partial charge in [0.15, 0.2) is 0 Å². The summed E-state index contributed by atoms with van der Waals surface area (Å²) in [6, 6.07) is 3.50. The molecule has 0 aliphatic heterocycles. The summed E-state index contributed by atoms with van der Waals surface area (Å²) in [5.74, 6) is 0. The number of nitrogens with zero attached hydrogens (tertiary/aromatic N) is 2. The Morgan fingerprint density at radius 1 is 1.62 bits per heavy atom. The van der Waals surface area contributed by atoms with Crippen LogP contribution in [-0.4, -0.2) is 7.05 Å². The second kappa shape index (κ2) is 3.70. The molecule has 0 radical (unpaired) electrons. The molecular weight excluding hydrogens is 102 g/mol. The van der Waals surface area contributed by atoms with Crippen molar-refractivity contribution in [1.29, 1.82) is 10.5 Å². The van der Waals surface area contributed by atoms with Crippen molar-refractivity contribution < 1.29 is 0 Å². The predicted octanol–water partition coefficient (Wildman–Crippen LogP) is 0.137. The fraction of sp³-hybridized carbons (Fsp3) is 0.200. The van der Waals surface area contributed by atoms with E-state index in [4.69, 9.17) is 10.5 Å². The average Bonchev–Trinajstić information content (AvgIpc) is 1.83. The summed E-state index contributed by atoms with van der Waals surface area (Å²) in [5, 5.41) is 18.6. The zero-order chi connectivity index (χ0) is 6.41. The number of allylic oxidation sites excluding steroid dienone is 2. The van der Waals surface area contributed by atoms with Gasteiger partial charge in [-0.25, -0.2) is 0 Å². The van der Waals surface area contributed by atoms with E-state index in [-0.39, 0.29) is 5.70 Å². The molecule has 0 saturated heterocycles. The number of hydrogen-bond donors (Lipinski definition) is 1. The van der Waals surface area contributed by atoms with Crippen molar-refractivity contribution in [3.63, 3.8) is 0 Å². The molecule has 0 unspecified atom stereocenters. The molecule has 0 atom stereocenters. The quantitative estimate of drug-likeness (QED) is 0.485. The molecule has 0 aromatic carbocycles. The number of nitriles is 2. The van der Waals surface area contributed by atoms with Gasteiger partial charge in [-0.2, -0.15) is 10.5 Å². The van der Waals surface area contributed by atoms with E-state index in [1.807, 2.05) is 0 Å². The monoisotopic (exact) mass is 107 g/mol. The van der Waals surface area contributed by atoms with E-state index in [2.05, 4.69) is 5.32 Å². The lowest BCUT2D eigenvalue weighted by Crippen LogP contribution is -2.02. The van der Waals surface area contributed by atoms with Crippen LogP contribution < -0.4 is 5.32 Å². The summed E-state index contributed by atoms with van der Waals surface area (Å²) in [7, 11) is 1.59. The molecule has 0 aromatic rings. The Kier molecular flexibility index (Phi) is 3.02. The highest BCUT2D eigenvalue weighted by Crippen LogP contribution is 1.79. The molecule has 0 rings (SSSR count). The minimum Gasteiger partial charge on any atom is -0.379 e. The highest BCUT2D eigenvalue weighted by molar-refractivity contribution is 5.24. The van der Waals surface area contributed by atoms with E-state index >= 15 is 0 Å². The molecular formula is C5H5N3. The molecule has 0 aliphatic carbocycles. The van der Waals surface area contributed by atoms with Crippen LogP contribution in [0.2, 0.25) is 0 Å². The Balaban J connectivity index is 3.98. The fourth-order valence-corrected chi connectivity index (χ4v) is 0.225. The van der Waals surface area contributed by atoms with Crippen LogP contribution in [0.4, 0.5) is 0 Å². The number of rotatable bonds is 1. The van der Waals surface area contributed by atoms with Gasteiger partial charge in [0.05, 0.1) is 6.07 Å². The van der Waals surface area contributed by atoms with E-state index in [9.17, 15) is 0 Å². The minimum absolute atomic E-state index is 0.285. The Morgan fingerprint density at radius 3 is 2.38 bits per heavy atom. The number of nitrogens with one attached hydrogen (secondary N) is 1. The lowest BCUT2D eigenvalue weighted by atomic mass is 10.4. The van der Waals surface area contributed by atoms with Gasteiger partial charge in [-0.15, -0.1) is 0 Å². The van der Waals surface area contributed by atoms with Crippen LogP contribution in [0.25, 0.3) is 0 Å². The van der Waals surface area contributed by atoms with E-state index in [1.54, 1.807) is 19.2 Å². The second-order valence-electron chi connectivity index (χ2n) is 1.05. The van der Waals surface area contributed by atoms with E-state index < -0.39 is 0 Å². The van der Waals surface area contributed by atoms with Gasteiger partial charge in [-0.1, -0.05) is 0 Å². The standard InChI is InChI=1S/C5H5N3/c1-8-5(4-7)2-3-6/h2,8H,1H3/b5-2-. The van der Waals surface area contributed by atoms with Crippen LogP contribution in [0.15, 0.2) is 11.8 Å². The summed E-state index contributed by atoms with van der Waals surface area (Å²) in [6.07, 6.45) is 1.15. The molecule has 40 valence electrons. The SMILES string of the molecule is CN/C(C#N)=C\C#N. The summed E-state index contributed by atoms with van der Waals surface area (Å²) < 4.78 is 0. The van der Waals surface area contributed by atoms with Crippen molar-refractivity contribution in [2.75, 3.05) is 7.05 Å². The summed E-state index contributed by atoms with van der Waals surface area (Å²) in [5.41, 5.74) is 0.285. The molecule has 0 saturated carbocycles. The molecule has 3 nitrogen and oxygen atoms in total. The van der Waals surface area contributed by atoms with Gasteiger partial charge in [0.1, 0.15) is 11.8 Å². The van der Waals surface area contributed by atoms with Crippen molar-refractivity contribution in [3.05, 3.63) is 11.8 Å². The number of hydrogen-bond acceptors (Lipinski definition) is 3. The van der Waals surface area contributed by atoms with Crippen molar-refractivity contribution in [1.82, 2.24) is 5.32 Å². The molecule has 1 N–H and O–H groups in total. The third kappa shape index (κ3) is 1.84. The Labute approximate surface area is 47.8 Å². The first kappa shape index (κ1) is 6.52. The van der Waals surface area contributed by atoms with Gasteiger partial charge >= 0.3 is 0 Å². The Morgan fingerprint density at radius 2 is 2.25 bits per heavy atom. The first-order chi connectivity index (χ1) is 3.85. The van der Waals surface area contributed by atoms with Crippen LogP contribution >= 0.6 is 0 Å². The van der Waals surface area contributed by atoms with E-state index in [0.29, 0.717) is 0 Å². The molecule has 0 fully saturated rings. The molecule has 0 bridgehead atoms. The smallest absolute Gasteiger partial charge is 0.123 e. The zero-order valence-electron chi connectivity index (χ0n) is 4.47. The first-order valence-corrected chi connectivity index (χ1v) is 2.02. The fourth-order valence-electron chi connectivity index (χ4n) is 0.225. The van der Waals surface area contributed by atoms with Gasteiger partial charge < -0.3 is 5.32 Å². The van der Waals surface area contributed by atoms with Gasteiger partial charge in [-0.05, 0) is 0 Å². The topological polar surface area (TPSA) is 59.6 Å². The molecule has 0 aromatic heterocycles. The molecule has 8 heavy (non-hydrogen) atoms. The Hall–Kier alpha value is -1.48. The summed E-state index contributed by atoms with van der Waals surface area (Å²) in [6.45, 7) is 0. The third-order valence-electron chi connectivity index (χ3n) is 0.599. The highest BCUT2D eigenvalue weighted by Gasteiger charge is 1.82. The summed E-state index contributed by atoms with van der Waals surface area (Å²) in [4.78, 5) is 0. The largest absolute Gasteiger partial charge is 0.379 e. The minimum atomic E-state index is 0.285. The maximum absolute atomic E-state index is 8.13.